The molecular weight excluding hydrogens is 252 g/mol. The lowest BCUT2D eigenvalue weighted by atomic mass is 10.0. The molecule has 0 radical (unpaired) electrons. The second-order valence-corrected chi connectivity index (χ2v) is 6.67. The van der Waals surface area contributed by atoms with Gasteiger partial charge in [-0.3, -0.25) is 4.99 Å². The Morgan fingerprint density at radius 3 is 2.50 bits per heavy atom. The number of guanidine groups is 1. The zero-order chi connectivity index (χ0) is 15.0. The summed E-state index contributed by atoms with van der Waals surface area (Å²) in [6, 6.07) is 2.32. The van der Waals surface area contributed by atoms with Gasteiger partial charge in [-0.05, 0) is 17.8 Å². The van der Waals surface area contributed by atoms with Gasteiger partial charge < -0.3 is 14.7 Å². The molecule has 0 atom stereocenters. The van der Waals surface area contributed by atoms with Crippen LogP contribution in [0.25, 0.3) is 0 Å². The van der Waals surface area contributed by atoms with Crippen LogP contribution in [-0.2, 0) is 6.54 Å². The highest BCUT2D eigenvalue weighted by Gasteiger charge is 2.65. The van der Waals surface area contributed by atoms with Crippen LogP contribution in [0.5, 0.6) is 0 Å². The zero-order valence-corrected chi connectivity index (χ0v) is 13.4. The van der Waals surface area contributed by atoms with Crippen molar-refractivity contribution in [3.8, 4) is 0 Å². The van der Waals surface area contributed by atoms with Gasteiger partial charge in [-0.2, -0.15) is 0 Å². The first-order valence-electron chi connectivity index (χ1n) is 7.22. The van der Waals surface area contributed by atoms with Gasteiger partial charge in [-0.15, -0.1) is 0 Å². The Bertz CT molecular complexity index is 462. The van der Waals surface area contributed by atoms with Crippen molar-refractivity contribution in [2.45, 2.75) is 47.2 Å². The van der Waals surface area contributed by atoms with Crippen LogP contribution in [0.1, 0.15) is 40.3 Å². The maximum Gasteiger partial charge on any atom is 0.194 e. The van der Waals surface area contributed by atoms with Gasteiger partial charge in [0, 0.05) is 25.7 Å². The second kappa shape index (κ2) is 5.11. The fraction of sp³-hybridized carbons (Fsp3) is 0.733. The Kier molecular flexibility index (Phi) is 3.80. The number of hydrogen-bond acceptors (Lipinski definition) is 3. The fourth-order valence-electron chi connectivity index (χ4n) is 2.75. The first-order chi connectivity index (χ1) is 9.30. The van der Waals surface area contributed by atoms with Crippen LogP contribution < -0.4 is 5.32 Å². The van der Waals surface area contributed by atoms with Crippen molar-refractivity contribution >= 4 is 5.96 Å². The van der Waals surface area contributed by atoms with E-state index in [9.17, 15) is 0 Å². The van der Waals surface area contributed by atoms with Gasteiger partial charge in [0.05, 0.1) is 6.54 Å². The van der Waals surface area contributed by atoms with Crippen molar-refractivity contribution in [3.05, 3.63) is 18.0 Å². The summed E-state index contributed by atoms with van der Waals surface area (Å²) in [5.74, 6) is 0.930. The Labute approximate surface area is 121 Å². The minimum atomic E-state index is 0.288. The topological polar surface area (TPSA) is 53.7 Å². The van der Waals surface area contributed by atoms with Crippen molar-refractivity contribution in [3.63, 3.8) is 0 Å². The molecule has 5 nitrogen and oxygen atoms in total. The van der Waals surface area contributed by atoms with E-state index >= 15 is 0 Å². The monoisotopic (exact) mass is 278 g/mol. The van der Waals surface area contributed by atoms with Crippen LogP contribution in [0, 0.1) is 10.8 Å². The molecule has 1 aliphatic carbocycles. The fourth-order valence-corrected chi connectivity index (χ4v) is 2.75. The molecule has 0 spiro atoms. The molecule has 1 aromatic heterocycles. The van der Waals surface area contributed by atoms with Crippen molar-refractivity contribution in [2.75, 3.05) is 13.6 Å². The van der Waals surface area contributed by atoms with Crippen LogP contribution in [0.2, 0.25) is 0 Å². The molecule has 1 N–H and O–H groups in total. The van der Waals surface area contributed by atoms with Crippen LogP contribution >= 0.6 is 0 Å². The molecule has 1 fully saturated rings. The first kappa shape index (κ1) is 14.9. The van der Waals surface area contributed by atoms with E-state index in [1.54, 1.807) is 6.26 Å². The van der Waals surface area contributed by atoms with Crippen molar-refractivity contribution < 1.29 is 4.52 Å². The summed E-state index contributed by atoms with van der Waals surface area (Å²) in [7, 11) is 2.03. The Morgan fingerprint density at radius 2 is 2.05 bits per heavy atom. The summed E-state index contributed by atoms with van der Waals surface area (Å²) in [6.07, 6.45) is 1.60. The first-order valence-corrected chi connectivity index (χ1v) is 7.22. The smallest absolute Gasteiger partial charge is 0.194 e. The molecular formula is C15H26N4O. The third kappa shape index (κ3) is 2.53. The van der Waals surface area contributed by atoms with E-state index in [0.717, 1.165) is 18.2 Å². The molecule has 0 aromatic carbocycles. The molecule has 0 amide bonds. The van der Waals surface area contributed by atoms with Gasteiger partial charge >= 0.3 is 0 Å². The molecule has 20 heavy (non-hydrogen) atoms. The Balaban J connectivity index is 2.03. The SMILES string of the molecule is CCN=C(NC1C(C)(C)C1(C)C)N(C)Cc1ccon1. The average molecular weight is 278 g/mol. The number of nitrogens with zero attached hydrogens (tertiary/aromatic N) is 3. The lowest BCUT2D eigenvalue weighted by Gasteiger charge is -2.22. The number of aromatic nitrogens is 1. The van der Waals surface area contributed by atoms with E-state index in [4.69, 9.17) is 4.52 Å². The van der Waals surface area contributed by atoms with Gasteiger partial charge in [0.1, 0.15) is 12.0 Å². The summed E-state index contributed by atoms with van der Waals surface area (Å²) in [5, 5.41) is 7.55. The number of nitrogens with one attached hydrogen (secondary N) is 1. The van der Waals surface area contributed by atoms with Gasteiger partial charge in [-0.25, -0.2) is 0 Å². The van der Waals surface area contributed by atoms with Crippen LogP contribution in [0.15, 0.2) is 21.8 Å². The molecule has 1 aliphatic rings. The van der Waals surface area contributed by atoms with Crippen LogP contribution in [0.4, 0.5) is 0 Å². The largest absolute Gasteiger partial charge is 0.364 e. The summed E-state index contributed by atoms with van der Waals surface area (Å²) in [6.45, 7) is 12.7. The predicted molar refractivity (Wildman–Crippen MR) is 80.4 cm³/mol. The summed E-state index contributed by atoms with van der Waals surface area (Å²) in [4.78, 5) is 6.68. The van der Waals surface area contributed by atoms with Gasteiger partial charge in [-0.1, -0.05) is 32.9 Å². The maximum absolute atomic E-state index is 4.88. The predicted octanol–water partition coefficient (Wildman–Crippen LogP) is 2.51. The van der Waals surface area contributed by atoms with Crippen molar-refractivity contribution in [1.29, 1.82) is 0 Å². The maximum atomic E-state index is 4.88. The van der Waals surface area contributed by atoms with E-state index < -0.39 is 0 Å². The molecule has 1 aromatic rings. The minimum absolute atomic E-state index is 0.288. The summed E-state index contributed by atoms with van der Waals surface area (Å²) in [5.41, 5.74) is 1.49. The molecule has 0 unspecified atom stereocenters. The van der Waals surface area contributed by atoms with Crippen molar-refractivity contribution in [1.82, 2.24) is 15.4 Å². The highest BCUT2D eigenvalue weighted by atomic mass is 16.5. The zero-order valence-electron chi connectivity index (χ0n) is 13.4. The average Bonchev–Trinajstić information content (AvgIpc) is 2.78. The molecule has 112 valence electrons. The van der Waals surface area contributed by atoms with Gasteiger partial charge in [0.25, 0.3) is 0 Å². The van der Waals surface area contributed by atoms with Gasteiger partial charge in [0.2, 0.25) is 0 Å². The third-order valence-electron chi connectivity index (χ3n) is 4.85. The molecule has 1 saturated carbocycles. The van der Waals surface area contributed by atoms with E-state index in [2.05, 4.69) is 55.0 Å². The van der Waals surface area contributed by atoms with Crippen LogP contribution in [0.3, 0.4) is 0 Å². The highest BCUT2D eigenvalue weighted by Crippen LogP contribution is 2.62. The standard InChI is InChI=1S/C15H26N4O/c1-7-16-13(17-12-14(2,3)15(12,4)5)19(6)10-11-8-9-20-18-11/h8-9,12H,7,10H2,1-6H3,(H,16,17). The number of hydrogen-bond donors (Lipinski definition) is 1. The lowest BCUT2D eigenvalue weighted by Crippen LogP contribution is -2.41. The van der Waals surface area contributed by atoms with Crippen molar-refractivity contribution in [2.24, 2.45) is 15.8 Å². The number of aliphatic imine (C=N–C) groups is 1. The normalized spacial score (nSPS) is 20.8. The Morgan fingerprint density at radius 1 is 1.40 bits per heavy atom. The quantitative estimate of drug-likeness (QED) is 0.679. The molecule has 5 heteroatoms. The lowest BCUT2D eigenvalue weighted by molar-refractivity contribution is 0.389. The third-order valence-corrected chi connectivity index (χ3v) is 4.85. The summed E-state index contributed by atoms with van der Waals surface area (Å²) < 4.78 is 4.88. The van der Waals surface area contributed by atoms with E-state index in [1.165, 1.54) is 0 Å². The molecule has 0 aliphatic heterocycles. The van der Waals surface area contributed by atoms with Crippen LogP contribution in [-0.4, -0.2) is 35.7 Å². The highest BCUT2D eigenvalue weighted by molar-refractivity contribution is 5.80. The molecule has 0 bridgehead atoms. The minimum Gasteiger partial charge on any atom is -0.364 e. The Hall–Kier alpha value is -1.52. The molecule has 1 heterocycles. The molecule has 2 rings (SSSR count). The van der Waals surface area contributed by atoms with E-state index in [1.807, 2.05) is 13.1 Å². The molecule has 0 saturated heterocycles. The van der Waals surface area contributed by atoms with E-state index in [-0.39, 0.29) is 10.8 Å². The second-order valence-electron chi connectivity index (χ2n) is 6.67. The van der Waals surface area contributed by atoms with Gasteiger partial charge in [0.15, 0.2) is 5.96 Å². The van der Waals surface area contributed by atoms with E-state index in [0.29, 0.717) is 12.6 Å². The summed E-state index contributed by atoms with van der Waals surface area (Å²) >= 11 is 0. The number of rotatable bonds is 4.